The van der Waals surface area contributed by atoms with Crippen LogP contribution >= 0.6 is 23.4 Å². The summed E-state index contributed by atoms with van der Waals surface area (Å²) in [5, 5.41) is 21.1. The van der Waals surface area contributed by atoms with Crippen LogP contribution in [-0.4, -0.2) is 40.5 Å². The molecule has 0 saturated heterocycles. The van der Waals surface area contributed by atoms with Gasteiger partial charge < -0.3 is 14.0 Å². The molecule has 0 atom stereocenters. The van der Waals surface area contributed by atoms with Gasteiger partial charge in [0.15, 0.2) is 11.0 Å². The first kappa shape index (κ1) is 22.1. The summed E-state index contributed by atoms with van der Waals surface area (Å²) in [6.07, 6.45) is 0.777. The number of nitrogens with zero attached hydrogens (tertiary/aromatic N) is 4. The molecule has 158 valence electrons. The van der Waals surface area contributed by atoms with Crippen molar-refractivity contribution in [3.8, 4) is 17.1 Å². The van der Waals surface area contributed by atoms with Crippen LogP contribution < -0.4 is 4.74 Å². The van der Waals surface area contributed by atoms with Crippen molar-refractivity contribution < 1.29 is 14.4 Å². The summed E-state index contributed by atoms with van der Waals surface area (Å²) in [4.78, 5) is 10.7. The Morgan fingerprint density at radius 3 is 2.70 bits per heavy atom. The van der Waals surface area contributed by atoms with Crippen molar-refractivity contribution in [2.24, 2.45) is 0 Å². The minimum atomic E-state index is -0.420. The molecule has 0 radical (unpaired) electrons. The van der Waals surface area contributed by atoms with E-state index in [2.05, 4.69) is 10.2 Å². The number of halogens is 1. The molecule has 10 heteroatoms. The molecule has 3 aromatic rings. The van der Waals surface area contributed by atoms with Crippen molar-refractivity contribution in [3.63, 3.8) is 0 Å². The quantitative estimate of drug-likeness (QED) is 0.189. The van der Waals surface area contributed by atoms with Gasteiger partial charge in [-0.15, -0.1) is 10.2 Å². The van der Waals surface area contributed by atoms with E-state index in [0.717, 1.165) is 12.0 Å². The first-order valence-corrected chi connectivity index (χ1v) is 10.5. The van der Waals surface area contributed by atoms with Crippen molar-refractivity contribution in [1.29, 1.82) is 0 Å². The monoisotopic (exact) mass is 448 g/mol. The Balaban J connectivity index is 1.90. The molecular weight excluding hydrogens is 428 g/mol. The molecular formula is C20H21ClN4O4S. The van der Waals surface area contributed by atoms with Gasteiger partial charge in [0.1, 0.15) is 5.75 Å². The first-order valence-electron chi connectivity index (χ1n) is 9.16. The van der Waals surface area contributed by atoms with E-state index < -0.39 is 4.92 Å². The van der Waals surface area contributed by atoms with Crippen molar-refractivity contribution in [1.82, 2.24) is 14.8 Å². The van der Waals surface area contributed by atoms with Crippen LogP contribution in [0, 0.1) is 10.1 Å². The Morgan fingerprint density at radius 2 is 2.00 bits per heavy atom. The largest absolute Gasteiger partial charge is 0.496 e. The molecule has 0 spiro atoms. The standard InChI is InChI=1S/C20H21ClN4O4S/c1-28-11-5-10-24-19(16-6-3-4-7-17(16)21)22-23-20(24)30-13-14-12-15(25(26)27)8-9-18(14)29-2/h3-4,6-9,12H,5,10-11,13H2,1-2H3. The second-order valence-corrected chi connectivity index (χ2v) is 7.68. The zero-order valence-electron chi connectivity index (χ0n) is 16.6. The van der Waals surface area contributed by atoms with E-state index in [1.54, 1.807) is 13.2 Å². The van der Waals surface area contributed by atoms with Crippen LogP contribution in [0.3, 0.4) is 0 Å². The van der Waals surface area contributed by atoms with E-state index in [9.17, 15) is 10.1 Å². The number of methoxy groups -OCH3 is 2. The van der Waals surface area contributed by atoms with E-state index in [1.165, 1.54) is 31.0 Å². The van der Waals surface area contributed by atoms with Crippen molar-refractivity contribution >= 4 is 29.1 Å². The molecule has 0 unspecified atom stereocenters. The number of non-ortho nitro benzene ring substituents is 1. The zero-order chi connectivity index (χ0) is 21.5. The molecule has 8 nitrogen and oxygen atoms in total. The number of hydrogen-bond acceptors (Lipinski definition) is 7. The van der Waals surface area contributed by atoms with E-state index >= 15 is 0 Å². The van der Waals surface area contributed by atoms with Crippen LogP contribution in [0.5, 0.6) is 5.75 Å². The highest BCUT2D eigenvalue weighted by Crippen LogP contribution is 2.33. The van der Waals surface area contributed by atoms with E-state index in [1.807, 2.05) is 28.8 Å². The van der Waals surface area contributed by atoms with Gasteiger partial charge in [-0.25, -0.2) is 0 Å². The highest BCUT2D eigenvalue weighted by atomic mass is 35.5. The Labute approximate surface area is 183 Å². The molecule has 0 aliphatic rings. The molecule has 0 bridgehead atoms. The number of benzene rings is 2. The summed E-state index contributed by atoms with van der Waals surface area (Å²) in [7, 11) is 3.20. The highest BCUT2D eigenvalue weighted by molar-refractivity contribution is 7.98. The van der Waals surface area contributed by atoms with Crippen LogP contribution in [0.15, 0.2) is 47.6 Å². The van der Waals surface area contributed by atoms with Gasteiger partial charge in [0, 0.05) is 49.3 Å². The molecule has 1 heterocycles. The molecule has 0 aliphatic carbocycles. The van der Waals surface area contributed by atoms with Crippen molar-refractivity contribution in [2.45, 2.75) is 23.9 Å². The molecule has 1 aromatic heterocycles. The zero-order valence-corrected chi connectivity index (χ0v) is 18.2. The Hall–Kier alpha value is -2.62. The van der Waals surface area contributed by atoms with Gasteiger partial charge in [-0.3, -0.25) is 10.1 Å². The fourth-order valence-corrected chi connectivity index (χ4v) is 4.10. The highest BCUT2D eigenvalue weighted by Gasteiger charge is 2.18. The molecule has 2 aromatic carbocycles. The molecule has 0 fully saturated rings. The van der Waals surface area contributed by atoms with Crippen LogP contribution in [0.4, 0.5) is 5.69 Å². The maximum absolute atomic E-state index is 11.1. The fraction of sp³-hybridized carbons (Fsp3) is 0.300. The van der Waals surface area contributed by atoms with Crippen LogP contribution in [0.25, 0.3) is 11.4 Å². The van der Waals surface area contributed by atoms with Crippen molar-refractivity contribution in [2.75, 3.05) is 20.8 Å². The van der Waals surface area contributed by atoms with Crippen molar-refractivity contribution in [3.05, 3.63) is 63.2 Å². The Morgan fingerprint density at radius 1 is 1.20 bits per heavy atom. The second kappa shape index (κ2) is 10.4. The first-order chi connectivity index (χ1) is 14.5. The van der Waals surface area contributed by atoms with Gasteiger partial charge in [-0.1, -0.05) is 35.5 Å². The van der Waals surface area contributed by atoms with E-state index in [0.29, 0.717) is 46.2 Å². The molecule has 3 rings (SSSR count). The SMILES string of the molecule is COCCCn1c(SCc2cc([N+](=O)[O-])ccc2OC)nnc1-c1ccccc1Cl. The van der Waals surface area contributed by atoms with Gasteiger partial charge in [0.25, 0.3) is 5.69 Å². The number of ether oxygens (including phenoxy) is 2. The number of hydrogen-bond donors (Lipinski definition) is 0. The molecule has 0 amide bonds. The molecule has 0 saturated carbocycles. The topological polar surface area (TPSA) is 92.3 Å². The predicted molar refractivity (Wildman–Crippen MR) is 116 cm³/mol. The third-order valence-corrected chi connectivity index (χ3v) is 5.74. The lowest BCUT2D eigenvalue weighted by Crippen LogP contribution is -2.05. The molecule has 0 aliphatic heterocycles. The number of thioether (sulfide) groups is 1. The van der Waals surface area contributed by atoms with Gasteiger partial charge in [-0.05, 0) is 24.6 Å². The fourth-order valence-electron chi connectivity index (χ4n) is 2.94. The maximum Gasteiger partial charge on any atom is 0.270 e. The number of aromatic nitrogens is 3. The predicted octanol–water partition coefficient (Wildman–Crippen LogP) is 4.84. The van der Waals surface area contributed by atoms with E-state index in [-0.39, 0.29) is 5.69 Å². The lowest BCUT2D eigenvalue weighted by atomic mass is 10.2. The third kappa shape index (κ3) is 5.10. The number of nitro benzene ring substituents is 1. The second-order valence-electron chi connectivity index (χ2n) is 6.33. The van der Waals surface area contributed by atoms with Crippen LogP contribution in [-0.2, 0) is 17.0 Å². The lowest BCUT2D eigenvalue weighted by molar-refractivity contribution is -0.384. The summed E-state index contributed by atoms with van der Waals surface area (Å²) in [6, 6.07) is 12.0. The van der Waals surface area contributed by atoms with Crippen LogP contribution in [0.1, 0.15) is 12.0 Å². The number of rotatable bonds is 10. The minimum absolute atomic E-state index is 0.0183. The average Bonchev–Trinajstić information content (AvgIpc) is 3.15. The molecule has 0 N–H and O–H groups in total. The summed E-state index contributed by atoms with van der Waals surface area (Å²) in [5.41, 5.74) is 1.52. The summed E-state index contributed by atoms with van der Waals surface area (Å²) in [5.74, 6) is 1.70. The smallest absolute Gasteiger partial charge is 0.270 e. The van der Waals surface area contributed by atoms with Crippen LogP contribution in [0.2, 0.25) is 5.02 Å². The van der Waals surface area contributed by atoms with Gasteiger partial charge >= 0.3 is 0 Å². The normalized spacial score (nSPS) is 10.9. The van der Waals surface area contributed by atoms with E-state index in [4.69, 9.17) is 21.1 Å². The van der Waals surface area contributed by atoms with Gasteiger partial charge in [0.2, 0.25) is 0 Å². The Kier molecular flexibility index (Phi) is 7.67. The average molecular weight is 449 g/mol. The summed E-state index contributed by atoms with van der Waals surface area (Å²) >= 11 is 7.80. The molecule has 30 heavy (non-hydrogen) atoms. The van der Waals surface area contributed by atoms with Gasteiger partial charge in [-0.2, -0.15) is 0 Å². The summed E-state index contributed by atoms with van der Waals surface area (Å²) in [6.45, 7) is 1.25. The maximum atomic E-state index is 11.1. The summed E-state index contributed by atoms with van der Waals surface area (Å²) < 4.78 is 12.5. The Bertz CT molecular complexity index is 1030. The minimum Gasteiger partial charge on any atom is -0.496 e. The third-order valence-electron chi connectivity index (χ3n) is 4.39. The van der Waals surface area contributed by atoms with Gasteiger partial charge in [0.05, 0.1) is 17.1 Å². The lowest BCUT2D eigenvalue weighted by Gasteiger charge is -2.12. The number of nitro groups is 1.